The van der Waals surface area contributed by atoms with E-state index in [9.17, 15) is 41.2 Å². The van der Waals surface area contributed by atoms with Gasteiger partial charge in [0.1, 0.15) is 18.1 Å². The maximum absolute atomic E-state index is 14.4. The van der Waals surface area contributed by atoms with Crippen molar-refractivity contribution in [3.8, 4) is 0 Å². The zero-order valence-electron chi connectivity index (χ0n) is 33.7. The molecular weight excluding hydrogens is 763 g/mol. The van der Waals surface area contributed by atoms with Crippen molar-refractivity contribution in [2.24, 2.45) is 28.6 Å². The molecule has 1 saturated heterocycles. The van der Waals surface area contributed by atoms with Crippen LogP contribution in [0, 0.1) is 28.6 Å². The molecule has 57 heavy (non-hydrogen) atoms. The number of esters is 1. The first-order valence-electron chi connectivity index (χ1n) is 19.0. The summed E-state index contributed by atoms with van der Waals surface area (Å²) in [6, 6.07) is 9.08. The van der Waals surface area contributed by atoms with E-state index in [1.165, 1.54) is 24.1 Å². The van der Waals surface area contributed by atoms with Gasteiger partial charge < -0.3 is 30.9 Å². The molecule has 2 fully saturated rings. The van der Waals surface area contributed by atoms with Crippen LogP contribution in [0.25, 0.3) is 0 Å². The van der Waals surface area contributed by atoms with Crippen LogP contribution in [0.2, 0.25) is 0 Å². The highest BCUT2D eigenvalue weighted by Crippen LogP contribution is 2.65. The lowest BCUT2D eigenvalue weighted by Gasteiger charge is -2.38. The molecule has 14 nitrogen and oxygen atoms in total. The minimum absolute atomic E-state index is 0.0648. The molecule has 17 heteroatoms. The Hall–Kier alpha value is -4.64. The average Bonchev–Trinajstić information content (AvgIpc) is 3.44. The fourth-order valence-electron chi connectivity index (χ4n) is 7.35. The number of methoxy groups -OCH3 is 1. The highest BCUT2D eigenvalue weighted by Gasteiger charge is 2.70. The number of ether oxygens (including phenoxy) is 1. The average molecular weight is 819 g/mol. The molecule has 0 aromatic heterocycles. The van der Waals surface area contributed by atoms with E-state index in [-0.39, 0.29) is 47.7 Å². The number of likely N-dealkylation sites (tertiary alicyclic amines) is 1. The second-order valence-electron chi connectivity index (χ2n) is 16.7. The summed E-state index contributed by atoms with van der Waals surface area (Å²) in [6.45, 7) is 12.9. The molecular formula is C40H56F2N6O8S. The Balaban J connectivity index is 1.45. The summed E-state index contributed by atoms with van der Waals surface area (Å²) in [7, 11) is -2.59. The molecule has 2 aromatic carbocycles. The highest BCUT2D eigenvalue weighted by molar-refractivity contribution is 7.89. The van der Waals surface area contributed by atoms with Gasteiger partial charge in [-0.3, -0.25) is 14.4 Å². The SMILES string of the molecule is COC(=O)c1ccc(CCNC(=O)[C@H](CC(F)F)NC(=O)[C@@H]2[C@@H]3[C@H](CN2C(=O)[C@@H](NC(=O)N[C@H](CNS(=O)(=O)c2ccccc2)C(C)C)C(C)(C)C)C3(C)C)cc1. The number of urea groups is 1. The minimum Gasteiger partial charge on any atom is -0.465 e. The third-order valence-corrected chi connectivity index (χ3v) is 12.4. The normalized spacial score (nSPS) is 20.2. The zero-order chi connectivity index (χ0) is 42.5. The van der Waals surface area contributed by atoms with Gasteiger partial charge in [-0.15, -0.1) is 0 Å². The van der Waals surface area contributed by atoms with E-state index in [1.807, 2.05) is 27.7 Å². The smallest absolute Gasteiger partial charge is 0.337 e. The Kier molecular flexibility index (Phi) is 14.5. The van der Waals surface area contributed by atoms with Crippen LogP contribution >= 0.6 is 0 Å². The molecule has 5 N–H and O–H groups in total. The van der Waals surface area contributed by atoms with Gasteiger partial charge in [0.05, 0.1) is 17.6 Å². The van der Waals surface area contributed by atoms with E-state index >= 15 is 0 Å². The van der Waals surface area contributed by atoms with E-state index in [0.717, 1.165) is 5.56 Å². The van der Waals surface area contributed by atoms with Gasteiger partial charge in [0.15, 0.2) is 0 Å². The molecule has 1 heterocycles. The number of alkyl halides is 2. The van der Waals surface area contributed by atoms with Gasteiger partial charge in [0, 0.05) is 32.1 Å². The van der Waals surface area contributed by atoms with Gasteiger partial charge >= 0.3 is 12.0 Å². The lowest BCUT2D eigenvalue weighted by molar-refractivity contribution is -0.144. The number of hydrogen-bond acceptors (Lipinski definition) is 8. The van der Waals surface area contributed by atoms with Crippen molar-refractivity contribution in [2.45, 2.75) is 96.8 Å². The van der Waals surface area contributed by atoms with Gasteiger partial charge in [-0.1, -0.05) is 78.8 Å². The number of nitrogens with zero attached hydrogens (tertiary/aromatic N) is 1. The summed E-state index contributed by atoms with van der Waals surface area (Å²) in [6.07, 6.45) is -3.55. The predicted octanol–water partition coefficient (Wildman–Crippen LogP) is 3.47. The van der Waals surface area contributed by atoms with Gasteiger partial charge in [0.25, 0.3) is 0 Å². The van der Waals surface area contributed by atoms with Crippen molar-refractivity contribution in [1.29, 1.82) is 0 Å². The molecule has 1 aliphatic heterocycles. The van der Waals surface area contributed by atoms with Crippen molar-refractivity contribution in [2.75, 3.05) is 26.7 Å². The van der Waals surface area contributed by atoms with Crippen LogP contribution in [0.1, 0.15) is 70.8 Å². The molecule has 314 valence electrons. The number of rotatable bonds is 17. The maximum Gasteiger partial charge on any atom is 0.337 e. The molecule has 1 saturated carbocycles. The molecule has 0 unspecified atom stereocenters. The van der Waals surface area contributed by atoms with Crippen LogP contribution in [-0.4, -0.2) is 100 Å². The number of amides is 5. The Bertz CT molecular complexity index is 1870. The van der Waals surface area contributed by atoms with Gasteiger partial charge in [-0.05, 0) is 64.8 Å². The first-order chi connectivity index (χ1) is 26.6. The third-order valence-electron chi connectivity index (χ3n) is 11.0. The number of hydrogen-bond donors (Lipinski definition) is 5. The Morgan fingerprint density at radius 2 is 1.58 bits per heavy atom. The maximum atomic E-state index is 14.4. The van der Waals surface area contributed by atoms with Gasteiger partial charge in [-0.25, -0.2) is 31.5 Å². The third kappa shape index (κ3) is 11.3. The van der Waals surface area contributed by atoms with Gasteiger partial charge in [-0.2, -0.15) is 0 Å². The molecule has 4 rings (SSSR count). The van der Waals surface area contributed by atoms with Crippen molar-refractivity contribution in [3.05, 3.63) is 65.7 Å². The fraction of sp³-hybridized carbons (Fsp3) is 0.575. The lowest BCUT2D eigenvalue weighted by atomic mass is 9.85. The van der Waals surface area contributed by atoms with Crippen LogP contribution in [0.5, 0.6) is 0 Å². The summed E-state index contributed by atoms with van der Waals surface area (Å²) < 4.78 is 60.5. The van der Waals surface area contributed by atoms with Crippen LogP contribution < -0.4 is 26.0 Å². The number of nitrogens with one attached hydrogen (secondary N) is 5. The number of carbonyl (C=O) groups excluding carboxylic acids is 5. The molecule has 0 spiro atoms. The lowest BCUT2D eigenvalue weighted by Crippen LogP contribution is -2.62. The largest absolute Gasteiger partial charge is 0.465 e. The summed E-state index contributed by atoms with van der Waals surface area (Å²) in [5.41, 5.74) is -0.0945. The van der Waals surface area contributed by atoms with Crippen LogP contribution in [0.3, 0.4) is 0 Å². The van der Waals surface area contributed by atoms with Crippen molar-refractivity contribution >= 4 is 39.7 Å². The number of fused-ring (bicyclic) bond motifs is 1. The molecule has 5 amide bonds. The van der Waals surface area contributed by atoms with E-state index in [0.29, 0.717) is 12.0 Å². The quantitative estimate of drug-likeness (QED) is 0.150. The second-order valence-corrected chi connectivity index (χ2v) is 18.5. The number of halogens is 2. The van der Waals surface area contributed by atoms with Crippen molar-refractivity contribution in [3.63, 3.8) is 0 Å². The fourth-order valence-corrected chi connectivity index (χ4v) is 8.43. The Morgan fingerprint density at radius 1 is 0.947 bits per heavy atom. The van der Waals surface area contributed by atoms with E-state index < -0.39 is 82.2 Å². The van der Waals surface area contributed by atoms with E-state index in [1.54, 1.807) is 63.2 Å². The molecule has 1 aliphatic carbocycles. The summed E-state index contributed by atoms with van der Waals surface area (Å²) in [5.74, 6) is -3.22. The number of carbonyl (C=O) groups is 5. The zero-order valence-corrected chi connectivity index (χ0v) is 34.5. The second kappa shape index (κ2) is 18.3. The van der Waals surface area contributed by atoms with Crippen molar-refractivity contribution < 1.29 is 45.9 Å². The topological polar surface area (TPSA) is 192 Å². The molecule has 2 aliphatic rings. The number of piperidine rings is 1. The van der Waals surface area contributed by atoms with Crippen LogP contribution in [0.4, 0.5) is 13.6 Å². The standard InChI is InChI=1S/C40H56F2N6O8S/c1-23(2)29(21-44-57(54,55)26-12-10-9-11-13-26)46-38(53)47-33(39(3,4)5)36(51)48-22-27-31(40(27,6)7)32(48)35(50)45-28(20-30(41)42)34(49)43-19-18-24-14-16-25(17-15-24)37(52)56-8/h9-17,23,27-33,44H,18-22H2,1-8H3,(H,43,49)(H,45,50)(H2,46,47,53)/t27-,28-,29+,31-,32-,33+/m0/s1. The number of benzene rings is 2. The van der Waals surface area contributed by atoms with Crippen LogP contribution in [-0.2, 0) is 35.6 Å². The van der Waals surface area contributed by atoms with E-state index in [2.05, 4.69) is 26.0 Å². The Labute approximate surface area is 333 Å². The monoisotopic (exact) mass is 818 g/mol. The summed E-state index contributed by atoms with van der Waals surface area (Å²) in [4.78, 5) is 68.3. The van der Waals surface area contributed by atoms with Gasteiger partial charge in [0.2, 0.25) is 34.2 Å². The minimum atomic E-state index is -3.86. The summed E-state index contributed by atoms with van der Waals surface area (Å²) in [5, 5.41) is 10.7. The highest BCUT2D eigenvalue weighted by atomic mass is 32.2. The number of sulfonamides is 1. The first kappa shape index (κ1) is 45.1. The van der Waals surface area contributed by atoms with Crippen molar-refractivity contribution in [1.82, 2.24) is 30.9 Å². The van der Waals surface area contributed by atoms with Crippen LogP contribution in [0.15, 0.2) is 59.5 Å². The Morgan fingerprint density at radius 3 is 2.14 bits per heavy atom. The predicted molar refractivity (Wildman–Crippen MR) is 208 cm³/mol. The molecule has 0 bridgehead atoms. The molecule has 0 radical (unpaired) electrons. The molecule has 6 atom stereocenters. The summed E-state index contributed by atoms with van der Waals surface area (Å²) >= 11 is 0. The first-order valence-corrected chi connectivity index (χ1v) is 20.5. The molecule has 2 aromatic rings. The van der Waals surface area contributed by atoms with E-state index in [4.69, 9.17) is 4.74 Å².